The lowest BCUT2D eigenvalue weighted by Gasteiger charge is -2.15. The Morgan fingerprint density at radius 1 is 1.50 bits per heavy atom. The summed E-state index contributed by atoms with van der Waals surface area (Å²) >= 11 is 0. The first-order valence-electron chi connectivity index (χ1n) is 3.78. The van der Waals surface area contributed by atoms with Gasteiger partial charge in [0.05, 0.1) is 0 Å². The third kappa shape index (κ3) is 4.54. The van der Waals surface area contributed by atoms with Gasteiger partial charge in [0.2, 0.25) is 0 Å². The van der Waals surface area contributed by atoms with Crippen molar-refractivity contribution in [3.05, 3.63) is 0 Å². The summed E-state index contributed by atoms with van der Waals surface area (Å²) in [6, 6.07) is -0.348. The van der Waals surface area contributed by atoms with E-state index in [4.69, 9.17) is 5.11 Å². The first-order valence-corrected chi connectivity index (χ1v) is 3.78. The molecule has 12 heavy (non-hydrogen) atoms. The normalized spacial score (nSPS) is 9.17. The van der Waals surface area contributed by atoms with Crippen LogP contribution in [0.2, 0.25) is 0 Å². The highest BCUT2D eigenvalue weighted by Crippen LogP contribution is 1.86. The maximum Gasteiger partial charge on any atom is 0.323 e. The van der Waals surface area contributed by atoms with Crippen molar-refractivity contribution in [2.24, 2.45) is 0 Å². The van der Waals surface area contributed by atoms with Crippen molar-refractivity contribution in [3.8, 4) is 0 Å². The lowest BCUT2D eigenvalue weighted by Crippen LogP contribution is -2.40. The zero-order valence-electron chi connectivity index (χ0n) is 7.33. The summed E-state index contributed by atoms with van der Waals surface area (Å²) in [5, 5.41) is 10.5. The minimum absolute atomic E-state index is 0.327. The van der Waals surface area contributed by atoms with Gasteiger partial charge in [-0.2, -0.15) is 0 Å². The molecule has 0 saturated carbocycles. The molecule has 0 unspecified atom stereocenters. The summed E-state index contributed by atoms with van der Waals surface area (Å²) in [4.78, 5) is 22.5. The maximum absolute atomic E-state index is 11.0. The molecule has 0 aromatic carbocycles. The lowest BCUT2D eigenvalue weighted by atomic mass is 10.4. The van der Waals surface area contributed by atoms with Gasteiger partial charge in [-0.05, 0) is 6.42 Å². The number of hydrogen-bond acceptors (Lipinski definition) is 2. The molecule has 0 heterocycles. The van der Waals surface area contributed by atoms with Crippen LogP contribution in [0.5, 0.6) is 0 Å². The second-order valence-electron chi connectivity index (χ2n) is 2.47. The number of nitrogens with zero attached hydrogens (tertiary/aromatic N) is 1. The van der Waals surface area contributed by atoms with Crippen molar-refractivity contribution in [2.45, 2.75) is 13.3 Å². The van der Waals surface area contributed by atoms with E-state index < -0.39 is 5.97 Å². The number of rotatable bonds is 4. The van der Waals surface area contributed by atoms with E-state index in [-0.39, 0.29) is 12.6 Å². The molecular weight excluding hydrogens is 160 g/mol. The molecule has 2 N–H and O–H groups in total. The van der Waals surface area contributed by atoms with Crippen LogP contribution in [-0.4, -0.2) is 42.1 Å². The molecule has 0 bridgehead atoms. The second-order valence-corrected chi connectivity index (χ2v) is 2.47. The van der Waals surface area contributed by atoms with Gasteiger partial charge in [-0.15, -0.1) is 0 Å². The topological polar surface area (TPSA) is 69.6 Å². The van der Waals surface area contributed by atoms with Gasteiger partial charge >= 0.3 is 12.0 Å². The Morgan fingerprint density at radius 2 is 2.08 bits per heavy atom. The van der Waals surface area contributed by atoms with Gasteiger partial charge in [0.1, 0.15) is 6.54 Å². The predicted octanol–water partition coefficient (Wildman–Crippen LogP) is 0.122. The van der Waals surface area contributed by atoms with Crippen LogP contribution in [0.1, 0.15) is 13.3 Å². The number of amides is 2. The molecule has 0 aliphatic carbocycles. The van der Waals surface area contributed by atoms with Gasteiger partial charge in [-0.3, -0.25) is 4.79 Å². The zero-order valence-corrected chi connectivity index (χ0v) is 7.33. The number of hydrogen-bond donors (Lipinski definition) is 2. The molecular formula is C7H14N2O3. The van der Waals surface area contributed by atoms with Crippen molar-refractivity contribution in [3.63, 3.8) is 0 Å². The number of urea groups is 1. The molecule has 0 saturated heterocycles. The fourth-order valence-electron chi connectivity index (χ4n) is 0.723. The lowest BCUT2D eigenvalue weighted by molar-refractivity contribution is -0.135. The van der Waals surface area contributed by atoms with E-state index in [1.165, 1.54) is 4.90 Å². The number of carbonyl (C=O) groups excluding carboxylic acids is 1. The van der Waals surface area contributed by atoms with E-state index in [1.54, 1.807) is 7.05 Å². The SMILES string of the molecule is CCCN(C)C(=O)NCC(=O)O. The van der Waals surface area contributed by atoms with E-state index >= 15 is 0 Å². The van der Waals surface area contributed by atoms with E-state index in [1.807, 2.05) is 6.92 Å². The number of carbonyl (C=O) groups is 2. The monoisotopic (exact) mass is 174 g/mol. The van der Waals surface area contributed by atoms with Gasteiger partial charge in [0.15, 0.2) is 0 Å². The predicted molar refractivity (Wildman–Crippen MR) is 44.0 cm³/mol. The van der Waals surface area contributed by atoms with Gasteiger partial charge in [-0.1, -0.05) is 6.92 Å². The summed E-state index contributed by atoms with van der Waals surface area (Å²) in [7, 11) is 1.63. The van der Waals surface area contributed by atoms with Crippen LogP contribution in [0.3, 0.4) is 0 Å². The highest BCUT2D eigenvalue weighted by atomic mass is 16.4. The molecule has 0 aliphatic heterocycles. The molecule has 0 fully saturated rings. The Balaban J connectivity index is 3.64. The first kappa shape index (κ1) is 10.7. The number of nitrogens with one attached hydrogen (secondary N) is 1. The van der Waals surface area contributed by atoms with Crippen LogP contribution in [0, 0.1) is 0 Å². The second kappa shape index (κ2) is 5.40. The Labute approximate surface area is 71.4 Å². The smallest absolute Gasteiger partial charge is 0.323 e. The van der Waals surface area contributed by atoms with Crippen molar-refractivity contribution in [1.82, 2.24) is 10.2 Å². The van der Waals surface area contributed by atoms with E-state index in [2.05, 4.69) is 5.32 Å². The van der Waals surface area contributed by atoms with Crippen LogP contribution in [-0.2, 0) is 4.79 Å². The van der Waals surface area contributed by atoms with Gasteiger partial charge < -0.3 is 15.3 Å². The van der Waals surface area contributed by atoms with Crippen LogP contribution in [0.25, 0.3) is 0 Å². The fraction of sp³-hybridized carbons (Fsp3) is 0.714. The van der Waals surface area contributed by atoms with Gasteiger partial charge in [0, 0.05) is 13.6 Å². The third-order valence-electron chi connectivity index (χ3n) is 1.30. The van der Waals surface area contributed by atoms with Crippen LogP contribution in [0.4, 0.5) is 4.79 Å². The van der Waals surface area contributed by atoms with Crippen molar-refractivity contribution < 1.29 is 14.7 Å². The average Bonchev–Trinajstić information content (AvgIpc) is 2.00. The number of carboxylic acids is 1. The quantitative estimate of drug-likeness (QED) is 0.636. The summed E-state index contributed by atoms with van der Waals surface area (Å²) in [5.74, 6) is -1.03. The molecule has 0 aliphatic rings. The van der Waals surface area contributed by atoms with Crippen LogP contribution >= 0.6 is 0 Å². The zero-order chi connectivity index (χ0) is 9.56. The van der Waals surface area contributed by atoms with E-state index in [9.17, 15) is 9.59 Å². The summed E-state index contributed by atoms with van der Waals surface area (Å²) in [5.41, 5.74) is 0. The molecule has 0 radical (unpaired) electrons. The number of aliphatic carboxylic acids is 1. The standard InChI is InChI=1S/C7H14N2O3/c1-3-4-9(2)7(12)8-5-6(10)11/h3-5H2,1-2H3,(H,8,12)(H,10,11). The van der Waals surface area contributed by atoms with E-state index in [0.29, 0.717) is 6.54 Å². The van der Waals surface area contributed by atoms with Crippen LogP contribution < -0.4 is 5.32 Å². The molecule has 0 spiro atoms. The Kier molecular flexibility index (Phi) is 4.83. The molecule has 0 aromatic rings. The first-order chi connectivity index (χ1) is 5.57. The number of carboxylic acid groups (broad SMARTS) is 1. The highest BCUT2D eigenvalue weighted by Gasteiger charge is 2.07. The van der Waals surface area contributed by atoms with Crippen molar-refractivity contribution >= 4 is 12.0 Å². The summed E-state index contributed by atoms with van der Waals surface area (Å²) in [6.07, 6.45) is 0.858. The molecule has 2 amide bonds. The van der Waals surface area contributed by atoms with Crippen molar-refractivity contribution in [1.29, 1.82) is 0 Å². The third-order valence-corrected chi connectivity index (χ3v) is 1.30. The Morgan fingerprint density at radius 3 is 2.50 bits per heavy atom. The minimum atomic E-state index is -1.03. The molecule has 0 aromatic heterocycles. The molecule has 5 nitrogen and oxygen atoms in total. The molecule has 5 heteroatoms. The Hall–Kier alpha value is -1.26. The minimum Gasteiger partial charge on any atom is -0.480 e. The van der Waals surface area contributed by atoms with Crippen LogP contribution in [0.15, 0.2) is 0 Å². The van der Waals surface area contributed by atoms with E-state index in [0.717, 1.165) is 6.42 Å². The van der Waals surface area contributed by atoms with Crippen molar-refractivity contribution in [2.75, 3.05) is 20.1 Å². The molecule has 0 atom stereocenters. The Bertz CT molecular complexity index is 170. The highest BCUT2D eigenvalue weighted by molar-refractivity contribution is 5.79. The molecule has 70 valence electrons. The molecule has 0 rings (SSSR count). The maximum atomic E-state index is 11.0. The fourth-order valence-corrected chi connectivity index (χ4v) is 0.723. The largest absolute Gasteiger partial charge is 0.480 e. The summed E-state index contributed by atoms with van der Waals surface area (Å²) < 4.78 is 0. The summed E-state index contributed by atoms with van der Waals surface area (Å²) in [6.45, 7) is 2.25. The average molecular weight is 174 g/mol. The van der Waals surface area contributed by atoms with Gasteiger partial charge in [-0.25, -0.2) is 4.79 Å². The van der Waals surface area contributed by atoms with Gasteiger partial charge in [0.25, 0.3) is 0 Å².